The summed E-state index contributed by atoms with van der Waals surface area (Å²) in [6, 6.07) is 25.2. The Hall–Kier alpha value is -3.09. The Morgan fingerprint density at radius 2 is 1.44 bits per heavy atom. The summed E-state index contributed by atoms with van der Waals surface area (Å²) in [6.45, 7) is 8.83. The molecule has 0 N–H and O–H groups in total. The number of ether oxygens (including phenoxy) is 2. The van der Waals surface area contributed by atoms with Gasteiger partial charge < -0.3 is 14.0 Å². The molecule has 0 aliphatic carbocycles. The first-order valence-corrected chi connectivity index (χ1v) is 13.8. The van der Waals surface area contributed by atoms with E-state index in [1.165, 1.54) is 29.5 Å². The van der Waals surface area contributed by atoms with Crippen LogP contribution in [0.15, 0.2) is 96.6 Å². The highest BCUT2D eigenvalue weighted by molar-refractivity contribution is 7.85. The van der Waals surface area contributed by atoms with Crippen LogP contribution in [0.2, 0.25) is 0 Å². The van der Waals surface area contributed by atoms with Gasteiger partial charge in [0.25, 0.3) is 0 Å². The Kier molecular flexibility index (Phi) is 10.1. The van der Waals surface area contributed by atoms with Gasteiger partial charge in [0, 0.05) is 0 Å². The van der Waals surface area contributed by atoms with Crippen molar-refractivity contribution in [2.24, 2.45) is 0 Å². The van der Waals surface area contributed by atoms with E-state index in [-0.39, 0.29) is 16.7 Å². The van der Waals surface area contributed by atoms with Gasteiger partial charge in [-0.15, -0.1) is 0 Å². The molecule has 0 spiro atoms. The van der Waals surface area contributed by atoms with Crippen LogP contribution in [0, 0.1) is 0 Å². The second kappa shape index (κ2) is 13.3. The van der Waals surface area contributed by atoms with E-state index in [0.29, 0.717) is 19.1 Å². The van der Waals surface area contributed by atoms with E-state index in [4.69, 9.17) is 9.47 Å². The topological polar surface area (TPSA) is 75.7 Å². The van der Waals surface area contributed by atoms with E-state index in [1.54, 1.807) is 12.1 Å². The third-order valence-corrected chi connectivity index (χ3v) is 7.50. The molecule has 6 heteroatoms. The summed E-state index contributed by atoms with van der Waals surface area (Å²) in [5.41, 5.74) is 3.59. The highest BCUT2D eigenvalue weighted by Gasteiger charge is 2.22. The highest BCUT2D eigenvalue weighted by Crippen LogP contribution is 2.39. The van der Waals surface area contributed by atoms with Crippen LogP contribution in [0.3, 0.4) is 0 Å². The molecule has 0 aliphatic heterocycles. The van der Waals surface area contributed by atoms with Crippen molar-refractivity contribution in [1.29, 1.82) is 0 Å². The van der Waals surface area contributed by atoms with E-state index in [0.717, 1.165) is 30.6 Å². The van der Waals surface area contributed by atoms with E-state index < -0.39 is 10.1 Å². The van der Waals surface area contributed by atoms with Gasteiger partial charge in [-0.3, -0.25) is 0 Å². The normalized spacial score (nSPS) is 14.0. The largest absolute Gasteiger partial charge is 0.744 e. The summed E-state index contributed by atoms with van der Waals surface area (Å²) in [5, 5.41) is 0. The van der Waals surface area contributed by atoms with Gasteiger partial charge in [0.05, 0.1) is 11.2 Å². The minimum absolute atomic E-state index is 0.190. The molecule has 192 valence electrons. The Bertz CT molecular complexity index is 1170. The molecule has 0 bridgehead atoms. The molecule has 5 nitrogen and oxygen atoms in total. The first kappa shape index (κ1) is 27.5. The van der Waals surface area contributed by atoms with Crippen LogP contribution in [0.5, 0.6) is 5.75 Å². The van der Waals surface area contributed by atoms with Crippen LogP contribution < -0.4 is 4.74 Å². The molecule has 3 aromatic carbocycles. The van der Waals surface area contributed by atoms with Crippen molar-refractivity contribution in [3.05, 3.63) is 108 Å². The second-order valence-electron chi connectivity index (χ2n) is 9.06. The van der Waals surface area contributed by atoms with Crippen molar-refractivity contribution in [3.8, 4) is 5.75 Å². The average Bonchev–Trinajstić information content (AvgIpc) is 2.89. The molecule has 0 saturated heterocycles. The summed E-state index contributed by atoms with van der Waals surface area (Å²) in [5.74, 6) is 1.68. The zero-order valence-electron chi connectivity index (χ0n) is 21.0. The zero-order valence-corrected chi connectivity index (χ0v) is 21.8. The average molecular weight is 508 g/mol. The van der Waals surface area contributed by atoms with Crippen LogP contribution >= 0.6 is 0 Å². The summed E-state index contributed by atoms with van der Waals surface area (Å²) in [7, 11) is -4.45. The lowest BCUT2D eigenvalue weighted by Crippen LogP contribution is -2.10. The van der Waals surface area contributed by atoms with Crippen molar-refractivity contribution in [1.82, 2.24) is 0 Å². The van der Waals surface area contributed by atoms with Crippen molar-refractivity contribution in [3.63, 3.8) is 0 Å². The predicted octanol–water partition coefficient (Wildman–Crippen LogP) is 6.99. The minimum atomic E-state index is -4.45. The second-order valence-corrected chi connectivity index (χ2v) is 10.4. The van der Waals surface area contributed by atoms with E-state index >= 15 is 0 Å². The molecule has 36 heavy (non-hydrogen) atoms. The molecular weight excluding hydrogens is 472 g/mol. The molecule has 0 fully saturated rings. The summed E-state index contributed by atoms with van der Waals surface area (Å²) < 4.78 is 44.9. The standard InChI is InChI=1S/C30H36O5S/c1-4-24(26-13-17-30(18-14-26)36(31,32)33)22-28(21-23(3)25-9-7-6-8-10-25)27-11-15-29(16-12-27)35-20-19-34-5-2/h5-18,23-24,28H,2,4,19-22H2,1,3H3,(H,31,32,33)/p-1. The summed E-state index contributed by atoms with van der Waals surface area (Å²) in [6.07, 6.45) is 4.19. The molecule has 0 aliphatic rings. The van der Waals surface area contributed by atoms with Crippen LogP contribution in [0.4, 0.5) is 0 Å². The van der Waals surface area contributed by atoms with Crippen LogP contribution in [-0.4, -0.2) is 26.2 Å². The number of hydrogen-bond acceptors (Lipinski definition) is 5. The molecule has 3 rings (SSSR count). The molecule has 0 amide bonds. The lowest BCUT2D eigenvalue weighted by molar-refractivity contribution is 0.179. The minimum Gasteiger partial charge on any atom is -0.744 e. The third kappa shape index (κ3) is 7.97. The van der Waals surface area contributed by atoms with Crippen molar-refractivity contribution >= 4 is 10.1 Å². The lowest BCUT2D eigenvalue weighted by Gasteiger charge is -2.27. The third-order valence-electron chi connectivity index (χ3n) is 6.65. The molecule has 3 unspecified atom stereocenters. The highest BCUT2D eigenvalue weighted by atomic mass is 32.2. The van der Waals surface area contributed by atoms with Gasteiger partial charge in [0.2, 0.25) is 0 Å². The van der Waals surface area contributed by atoms with Gasteiger partial charge in [-0.25, -0.2) is 8.42 Å². The molecule has 0 aromatic heterocycles. The van der Waals surface area contributed by atoms with Gasteiger partial charge in [-0.1, -0.05) is 75.0 Å². The number of rotatable bonds is 14. The molecule has 0 heterocycles. The van der Waals surface area contributed by atoms with Crippen molar-refractivity contribution in [2.45, 2.75) is 55.8 Å². The Labute approximate surface area is 215 Å². The fourth-order valence-corrected chi connectivity index (χ4v) is 5.10. The van der Waals surface area contributed by atoms with Gasteiger partial charge in [-0.05, 0) is 78.0 Å². The quantitative estimate of drug-likeness (QED) is 0.133. The van der Waals surface area contributed by atoms with Crippen molar-refractivity contribution in [2.75, 3.05) is 13.2 Å². The number of hydrogen-bond donors (Lipinski definition) is 0. The van der Waals surface area contributed by atoms with Gasteiger partial charge in [0.15, 0.2) is 0 Å². The van der Waals surface area contributed by atoms with Gasteiger partial charge in [-0.2, -0.15) is 0 Å². The van der Waals surface area contributed by atoms with Crippen LogP contribution in [0.25, 0.3) is 0 Å². The van der Waals surface area contributed by atoms with Crippen molar-refractivity contribution < 1.29 is 22.4 Å². The van der Waals surface area contributed by atoms with Crippen LogP contribution in [0.1, 0.15) is 67.6 Å². The summed E-state index contributed by atoms with van der Waals surface area (Å²) in [4.78, 5) is -0.190. The molecule has 0 radical (unpaired) electrons. The fourth-order valence-electron chi connectivity index (χ4n) is 4.63. The summed E-state index contributed by atoms with van der Waals surface area (Å²) >= 11 is 0. The lowest BCUT2D eigenvalue weighted by atomic mass is 9.78. The zero-order chi connectivity index (χ0) is 26.0. The van der Waals surface area contributed by atoms with Gasteiger partial charge >= 0.3 is 0 Å². The van der Waals surface area contributed by atoms with E-state index in [9.17, 15) is 13.0 Å². The van der Waals surface area contributed by atoms with Gasteiger partial charge in [0.1, 0.15) is 29.1 Å². The maximum absolute atomic E-state index is 11.4. The Morgan fingerprint density at radius 1 is 0.833 bits per heavy atom. The first-order valence-electron chi connectivity index (χ1n) is 12.4. The Morgan fingerprint density at radius 3 is 2.03 bits per heavy atom. The molecular formula is C30H35O5S-. The maximum atomic E-state index is 11.4. The fraction of sp³-hybridized carbons (Fsp3) is 0.333. The predicted molar refractivity (Wildman–Crippen MR) is 142 cm³/mol. The van der Waals surface area contributed by atoms with E-state index in [1.807, 2.05) is 18.2 Å². The Balaban J connectivity index is 1.81. The molecule has 3 aromatic rings. The number of benzene rings is 3. The van der Waals surface area contributed by atoms with E-state index in [2.05, 4.69) is 56.8 Å². The molecule has 3 atom stereocenters. The maximum Gasteiger partial charge on any atom is 0.124 e. The smallest absolute Gasteiger partial charge is 0.124 e. The molecule has 0 saturated carbocycles. The van der Waals surface area contributed by atoms with Crippen LogP contribution in [-0.2, 0) is 14.9 Å². The first-order chi connectivity index (χ1) is 17.3. The SMILES string of the molecule is C=COCCOc1ccc(C(CC(C)c2ccccc2)CC(CC)c2ccc(S(=O)(=O)[O-])cc2)cc1. The monoisotopic (exact) mass is 507 g/mol.